The standard InChI is InChI=1S/C15H24N2OS/c1-12(14-7-5-4-6-8-14)9-10-16-15(19)17-13(2)11-18-3/h4-8,12-13H,9-11H2,1-3H3,(H2,16,17,19). The van der Waals surface area contributed by atoms with E-state index in [0.29, 0.717) is 17.6 Å². The number of nitrogens with one attached hydrogen (secondary N) is 2. The van der Waals surface area contributed by atoms with Crippen LogP contribution in [-0.2, 0) is 4.74 Å². The Morgan fingerprint density at radius 3 is 2.58 bits per heavy atom. The van der Waals surface area contributed by atoms with E-state index in [0.717, 1.165) is 13.0 Å². The number of rotatable bonds is 7. The van der Waals surface area contributed by atoms with Crippen molar-refractivity contribution >= 4 is 17.3 Å². The van der Waals surface area contributed by atoms with Crippen LogP contribution in [0.15, 0.2) is 30.3 Å². The largest absolute Gasteiger partial charge is 0.383 e. The van der Waals surface area contributed by atoms with Crippen molar-refractivity contribution in [2.75, 3.05) is 20.3 Å². The number of thiocarbonyl (C=S) groups is 1. The third-order valence-corrected chi connectivity index (χ3v) is 3.29. The van der Waals surface area contributed by atoms with Gasteiger partial charge in [0.05, 0.1) is 6.61 Å². The van der Waals surface area contributed by atoms with Gasteiger partial charge in [0, 0.05) is 19.7 Å². The SMILES string of the molecule is COCC(C)NC(=S)NCCC(C)c1ccccc1. The second kappa shape index (κ2) is 8.88. The Hall–Kier alpha value is -1.13. The summed E-state index contributed by atoms with van der Waals surface area (Å²) in [6.45, 7) is 5.81. The first-order valence-corrected chi connectivity index (χ1v) is 7.12. The van der Waals surface area contributed by atoms with Gasteiger partial charge in [0.25, 0.3) is 0 Å². The van der Waals surface area contributed by atoms with Gasteiger partial charge in [-0.3, -0.25) is 0 Å². The van der Waals surface area contributed by atoms with Gasteiger partial charge in [-0.25, -0.2) is 0 Å². The molecule has 19 heavy (non-hydrogen) atoms. The van der Waals surface area contributed by atoms with E-state index in [-0.39, 0.29) is 6.04 Å². The van der Waals surface area contributed by atoms with Crippen molar-refractivity contribution in [3.05, 3.63) is 35.9 Å². The average Bonchev–Trinajstić information content (AvgIpc) is 2.39. The molecule has 0 radical (unpaired) electrons. The molecular formula is C15H24N2OS. The molecule has 0 aliphatic heterocycles. The van der Waals surface area contributed by atoms with Gasteiger partial charge in [-0.15, -0.1) is 0 Å². The minimum absolute atomic E-state index is 0.233. The molecule has 0 heterocycles. The van der Waals surface area contributed by atoms with Crippen molar-refractivity contribution < 1.29 is 4.74 Å². The summed E-state index contributed by atoms with van der Waals surface area (Å²) in [4.78, 5) is 0. The first-order chi connectivity index (χ1) is 9.13. The summed E-state index contributed by atoms with van der Waals surface area (Å²) in [7, 11) is 1.69. The molecule has 0 saturated heterocycles. The lowest BCUT2D eigenvalue weighted by Crippen LogP contribution is -2.42. The second-order valence-electron chi connectivity index (χ2n) is 4.86. The van der Waals surface area contributed by atoms with E-state index in [9.17, 15) is 0 Å². The van der Waals surface area contributed by atoms with Crippen LogP contribution in [0.3, 0.4) is 0 Å². The van der Waals surface area contributed by atoms with Crippen LogP contribution in [-0.4, -0.2) is 31.4 Å². The smallest absolute Gasteiger partial charge is 0.166 e. The Balaban J connectivity index is 2.21. The maximum atomic E-state index is 5.24. The third-order valence-electron chi connectivity index (χ3n) is 3.03. The Bertz CT molecular complexity index is 370. The van der Waals surface area contributed by atoms with Crippen LogP contribution in [0.25, 0.3) is 0 Å². The van der Waals surface area contributed by atoms with Crippen LogP contribution in [0.5, 0.6) is 0 Å². The molecule has 0 aliphatic carbocycles. The van der Waals surface area contributed by atoms with E-state index in [1.807, 2.05) is 13.0 Å². The van der Waals surface area contributed by atoms with Crippen LogP contribution in [0.2, 0.25) is 0 Å². The fourth-order valence-corrected chi connectivity index (χ4v) is 2.22. The second-order valence-corrected chi connectivity index (χ2v) is 5.27. The van der Waals surface area contributed by atoms with Gasteiger partial charge in [0.2, 0.25) is 0 Å². The van der Waals surface area contributed by atoms with Gasteiger partial charge in [0.1, 0.15) is 0 Å². The van der Waals surface area contributed by atoms with Gasteiger partial charge >= 0.3 is 0 Å². The molecule has 1 rings (SSSR count). The van der Waals surface area contributed by atoms with E-state index < -0.39 is 0 Å². The van der Waals surface area contributed by atoms with Crippen molar-refractivity contribution in [2.45, 2.75) is 32.2 Å². The molecule has 0 bridgehead atoms. The predicted molar refractivity (Wildman–Crippen MR) is 84.5 cm³/mol. The number of methoxy groups -OCH3 is 1. The molecule has 2 unspecified atom stereocenters. The molecular weight excluding hydrogens is 256 g/mol. The lowest BCUT2D eigenvalue weighted by atomic mass is 9.98. The highest BCUT2D eigenvalue weighted by atomic mass is 32.1. The van der Waals surface area contributed by atoms with E-state index >= 15 is 0 Å². The molecule has 1 aromatic rings. The zero-order chi connectivity index (χ0) is 14.1. The van der Waals surface area contributed by atoms with Gasteiger partial charge in [0.15, 0.2) is 5.11 Å². The molecule has 4 heteroatoms. The normalized spacial score (nSPS) is 13.6. The summed E-state index contributed by atoms with van der Waals surface area (Å²) in [5, 5.41) is 7.13. The molecule has 1 aromatic carbocycles. The Morgan fingerprint density at radius 1 is 1.26 bits per heavy atom. The van der Waals surface area contributed by atoms with Gasteiger partial charge in [-0.05, 0) is 37.0 Å². The van der Waals surface area contributed by atoms with Crippen LogP contribution >= 0.6 is 12.2 Å². The van der Waals surface area contributed by atoms with Gasteiger partial charge < -0.3 is 15.4 Å². The third kappa shape index (κ3) is 6.55. The van der Waals surface area contributed by atoms with Gasteiger partial charge in [-0.1, -0.05) is 37.3 Å². The maximum Gasteiger partial charge on any atom is 0.166 e. The number of hydrogen-bond acceptors (Lipinski definition) is 2. The van der Waals surface area contributed by atoms with Gasteiger partial charge in [-0.2, -0.15) is 0 Å². The molecule has 106 valence electrons. The quantitative estimate of drug-likeness (QED) is 0.752. The number of hydrogen-bond donors (Lipinski definition) is 2. The Labute approximate surface area is 121 Å². The summed E-state index contributed by atoms with van der Waals surface area (Å²) in [6.07, 6.45) is 1.06. The molecule has 3 nitrogen and oxygen atoms in total. The number of ether oxygens (including phenoxy) is 1. The van der Waals surface area contributed by atoms with Crippen molar-refractivity contribution in [2.24, 2.45) is 0 Å². The summed E-state index contributed by atoms with van der Waals surface area (Å²) in [6, 6.07) is 10.8. The molecule has 0 spiro atoms. The zero-order valence-electron chi connectivity index (χ0n) is 12.0. The lowest BCUT2D eigenvalue weighted by Gasteiger charge is -2.17. The van der Waals surface area contributed by atoms with Crippen LogP contribution in [0.1, 0.15) is 31.7 Å². The fraction of sp³-hybridized carbons (Fsp3) is 0.533. The Kier molecular flexibility index (Phi) is 7.45. The summed E-state index contributed by atoms with van der Waals surface area (Å²) in [5.74, 6) is 0.535. The average molecular weight is 280 g/mol. The van der Waals surface area contributed by atoms with E-state index in [4.69, 9.17) is 17.0 Å². The van der Waals surface area contributed by atoms with Crippen molar-refractivity contribution in [1.82, 2.24) is 10.6 Å². The first-order valence-electron chi connectivity index (χ1n) is 6.71. The number of benzene rings is 1. The summed E-state index contributed by atoms with van der Waals surface area (Å²) >= 11 is 5.24. The predicted octanol–water partition coefficient (Wildman–Crippen LogP) is 2.68. The van der Waals surface area contributed by atoms with Crippen LogP contribution in [0.4, 0.5) is 0 Å². The molecule has 2 N–H and O–H groups in total. The molecule has 0 fully saturated rings. The molecule has 2 atom stereocenters. The fourth-order valence-electron chi connectivity index (χ4n) is 1.92. The minimum atomic E-state index is 0.233. The van der Waals surface area contributed by atoms with Crippen LogP contribution < -0.4 is 10.6 Å². The summed E-state index contributed by atoms with van der Waals surface area (Å²) in [5.41, 5.74) is 1.37. The van der Waals surface area contributed by atoms with Crippen molar-refractivity contribution in [3.63, 3.8) is 0 Å². The highest BCUT2D eigenvalue weighted by Crippen LogP contribution is 2.17. The highest BCUT2D eigenvalue weighted by Gasteiger charge is 2.06. The molecule has 0 saturated carbocycles. The van der Waals surface area contributed by atoms with E-state index in [1.165, 1.54) is 5.56 Å². The van der Waals surface area contributed by atoms with E-state index in [1.54, 1.807) is 7.11 Å². The summed E-state index contributed by atoms with van der Waals surface area (Å²) < 4.78 is 5.06. The topological polar surface area (TPSA) is 33.3 Å². The molecule has 0 amide bonds. The molecule has 0 aromatic heterocycles. The van der Waals surface area contributed by atoms with Crippen molar-refractivity contribution in [1.29, 1.82) is 0 Å². The van der Waals surface area contributed by atoms with E-state index in [2.05, 4.69) is 41.8 Å². The zero-order valence-corrected chi connectivity index (χ0v) is 12.8. The van der Waals surface area contributed by atoms with Crippen molar-refractivity contribution in [3.8, 4) is 0 Å². The Morgan fingerprint density at radius 2 is 1.95 bits per heavy atom. The minimum Gasteiger partial charge on any atom is -0.383 e. The lowest BCUT2D eigenvalue weighted by molar-refractivity contribution is 0.179. The molecule has 0 aliphatic rings. The maximum absolute atomic E-state index is 5.24. The first kappa shape index (κ1) is 15.9. The monoisotopic (exact) mass is 280 g/mol. The van der Waals surface area contributed by atoms with Crippen LogP contribution in [0, 0.1) is 0 Å². The highest BCUT2D eigenvalue weighted by molar-refractivity contribution is 7.80.